The number of hydrogen-bond donors (Lipinski definition) is 2. The fourth-order valence-electron chi connectivity index (χ4n) is 2.03. The van der Waals surface area contributed by atoms with Gasteiger partial charge in [0.2, 0.25) is 0 Å². The van der Waals surface area contributed by atoms with E-state index in [1.54, 1.807) is 6.20 Å². The van der Waals surface area contributed by atoms with Crippen molar-refractivity contribution < 1.29 is 0 Å². The van der Waals surface area contributed by atoms with Crippen molar-refractivity contribution in [2.24, 2.45) is 5.73 Å². The molecule has 4 nitrogen and oxygen atoms in total. The van der Waals surface area contributed by atoms with Gasteiger partial charge >= 0.3 is 0 Å². The molecule has 0 aliphatic carbocycles. The summed E-state index contributed by atoms with van der Waals surface area (Å²) in [6.45, 7) is 8.72. The minimum absolute atomic E-state index is 0.0329. The maximum atomic E-state index is 7.45. The molecule has 19 heavy (non-hydrogen) atoms. The predicted octanol–water partition coefficient (Wildman–Crippen LogP) is 2.77. The second kappa shape index (κ2) is 7.89. The van der Waals surface area contributed by atoms with Gasteiger partial charge in [-0.05, 0) is 44.0 Å². The first-order valence-corrected chi connectivity index (χ1v) is 7.11. The highest BCUT2D eigenvalue weighted by Gasteiger charge is 2.12. The van der Waals surface area contributed by atoms with Crippen LogP contribution in [0.5, 0.6) is 0 Å². The molecule has 106 valence electrons. The van der Waals surface area contributed by atoms with Gasteiger partial charge in [0.25, 0.3) is 0 Å². The number of nitrogens with one attached hydrogen (secondary N) is 1. The number of nitrogen functional groups attached to an aromatic ring is 1. The maximum absolute atomic E-state index is 7.45. The number of amidine groups is 1. The van der Waals surface area contributed by atoms with Crippen molar-refractivity contribution in [1.82, 2.24) is 9.88 Å². The van der Waals surface area contributed by atoms with Crippen LogP contribution in [0.3, 0.4) is 0 Å². The van der Waals surface area contributed by atoms with Crippen LogP contribution >= 0.6 is 0 Å². The fourth-order valence-corrected chi connectivity index (χ4v) is 2.03. The molecule has 0 saturated carbocycles. The average molecular weight is 262 g/mol. The lowest BCUT2D eigenvalue weighted by atomic mass is 10.1. The van der Waals surface area contributed by atoms with Crippen LogP contribution in [-0.2, 0) is 6.54 Å². The minimum atomic E-state index is 0.0329. The van der Waals surface area contributed by atoms with Gasteiger partial charge in [0.15, 0.2) is 0 Å². The Morgan fingerprint density at radius 1 is 1.47 bits per heavy atom. The second-order valence-corrected chi connectivity index (χ2v) is 5.04. The third-order valence-corrected chi connectivity index (χ3v) is 3.50. The summed E-state index contributed by atoms with van der Waals surface area (Å²) in [4.78, 5) is 6.59. The third kappa shape index (κ3) is 4.99. The van der Waals surface area contributed by atoms with Crippen LogP contribution in [0.15, 0.2) is 18.3 Å². The van der Waals surface area contributed by atoms with Gasteiger partial charge in [-0.15, -0.1) is 0 Å². The Labute approximate surface area is 116 Å². The number of rotatable bonds is 8. The zero-order valence-electron chi connectivity index (χ0n) is 12.3. The van der Waals surface area contributed by atoms with Crippen LogP contribution in [0.1, 0.15) is 51.3 Å². The molecule has 0 bridgehead atoms. The minimum Gasteiger partial charge on any atom is -0.382 e. The molecule has 0 aromatic carbocycles. The van der Waals surface area contributed by atoms with Gasteiger partial charge in [-0.25, -0.2) is 0 Å². The van der Waals surface area contributed by atoms with Crippen molar-refractivity contribution in [3.05, 3.63) is 29.6 Å². The van der Waals surface area contributed by atoms with Crippen molar-refractivity contribution in [2.45, 2.75) is 52.6 Å². The number of hydrogen-bond acceptors (Lipinski definition) is 3. The summed E-state index contributed by atoms with van der Waals surface area (Å²) in [6, 6.07) is 4.50. The summed E-state index contributed by atoms with van der Waals surface area (Å²) in [5.74, 6) is 0.0329. The molecule has 1 heterocycles. The topological polar surface area (TPSA) is 66.0 Å². The van der Waals surface area contributed by atoms with Gasteiger partial charge < -0.3 is 5.73 Å². The summed E-state index contributed by atoms with van der Waals surface area (Å²) in [6.07, 6.45) is 5.31. The number of nitrogens with two attached hydrogens (primary N) is 1. The zero-order chi connectivity index (χ0) is 14.3. The van der Waals surface area contributed by atoms with E-state index in [2.05, 4.69) is 30.7 Å². The van der Waals surface area contributed by atoms with E-state index in [0.717, 1.165) is 19.5 Å². The van der Waals surface area contributed by atoms with Gasteiger partial charge in [-0.1, -0.05) is 20.3 Å². The van der Waals surface area contributed by atoms with Crippen LogP contribution in [0, 0.1) is 5.41 Å². The maximum Gasteiger partial charge on any atom is 0.141 e. The average Bonchev–Trinajstić information content (AvgIpc) is 2.42. The molecule has 1 atom stereocenters. The molecule has 1 aromatic heterocycles. The highest BCUT2D eigenvalue weighted by atomic mass is 15.1. The molecule has 0 fully saturated rings. The molecule has 0 amide bonds. The summed E-state index contributed by atoms with van der Waals surface area (Å²) in [7, 11) is 0. The largest absolute Gasteiger partial charge is 0.382 e. The smallest absolute Gasteiger partial charge is 0.141 e. The molecule has 1 aromatic rings. The molecule has 0 aliphatic heterocycles. The molecule has 0 saturated heterocycles. The van der Waals surface area contributed by atoms with E-state index in [0.29, 0.717) is 11.7 Å². The fraction of sp³-hybridized carbons (Fsp3) is 0.600. The summed E-state index contributed by atoms with van der Waals surface area (Å²) in [5, 5.41) is 7.45. The second-order valence-electron chi connectivity index (χ2n) is 5.04. The molecule has 4 heteroatoms. The Hall–Kier alpha value is -1.42. The number of nitrogens with zero attached hydrogens (tertiary/aromatic N) is 2. The molecule has 0 spiro atoms. The van der Waals surface area contributed by atoms with Crippen LogP contribution < -0.4 is 5.73 Å². The molecule has 0 radical (unpaired) electrons. The Bertz CT molecular complexity index is 403. The van der Waals surface area contributed by atoms with Gasteiger partial charge in [-0.3, -0.25) is 15.3 Å². The molecular weight excluding hydrogens is 236 g/mol. The van der Waals surface area contributed by atoms with E-state index in [9.17, 15) is 0 Å². The van der Waals surface area contributed by atoms with E-state index in [1.165, 1.54) is 18.4 Å². The van der Waals surface area contributed by atoms with E-state index < -0.39 is 0 Å². The van der Waals surface area contributed by atoms with Crippen molar-refractivity contribution in [2.75, 3.05) is 6.54 Å². The standard InChI is InChI=1S/C15H26N4/c1-4-6-9-19(12(3)5-2)11-13-7-8-18-14(10-13)15(16)17/h7-8,10,12H,4-6,9,11H2,1-3H3,(H3,16,17). The number of aromatic nitrogens is 1. The van der Waals surface area contributed by atoms with Gasteiger partial charge in [-0.2, -0.15) is 0 Å². The van der Waals surface area contributed by atoms with Crippen LogP contribution in [0.2, 0.25) is 0 Å². The molecule has 3 N–H and O–H groups in total. The van der Waals surface area contributed by atoms with E-state index >= 15 is 0 Å². The SMILES string of the molecule is CCCCN(Cc1ccnc(C(=N)N)c1)C(C)CC. The highest BCUT2D eigenvalue weighted by molar-refractivity contribution is 5.93. The summed E-state index contributed by atoms with van der Waals surface area (Å²) < 4.78 is 0. The van der Waals surface area contributed by atoms with Crippen LogP contribution in [0.4, 0.5) is 0 Å². The van der Waals surface area contributed by atoms with Crippen molar-refractivity contribution >= 4 is 5.84 Å². The lowest BCUT2D eigenvalue weighted by Crippen LogP contribution is -2.33. The van der Waals surface area contributed by atoms with Crippen molar-refractivity contribution in [3.8, 4) is 0 Å². The normalized spacial score (nSPS) is 12.6. The van der Waals surface area contributed by atoms with Crippen molar-refractivity contribution in [1.29, 1.82) is 5.41 Å². The molecular formula is C15H26N4. The predicted molar refractivity (Wildman–Crippen MR) is 80.3 cm³/mol. The van der Waals surface area contributed by atoms with Gasteiger partial charge in [0.1, 0.15) is 11.5 Å². The van der Waals surface area contributed by atoms with Crippen LogP contribution in [-0.4, -0.2) is 28.3 Å². The Morgan fingerprint density at radius 3 is 2.79 bits per heavy atom. The zero-order valence-corrected chi connectivity index (χ0v) is 12.3. The highest BCUT2D eigenvalue weighted by Crippen LogP contribution is 2.12. The quantitative estimate of drug-likeness (QED) is 0.559. The summed E-state index contributed by atoms with van der Waals surface area (Å²) in [5.41, 5.74) is 7.23. The Balaban J connectivity index is 2.77. The number of unbranched alkanes of at least 4 members (excludes halogenated alkanes) is 1. The molecule has 1 rings (SSSR count). The Kier molecular flexibility index (Phi) is 6.50. The third-order valence-electron chi connectivity index (χ3n) is 3.50. The lowest BCUT2D eigenvalue weighted by molar-refractivity contribution is 0.192. The summed E-state index contributed by atoms with van der Waals surface area (Å²) >= 11 is 0. The van der Waals surface area contributed by atoms with Gasteiger partial charge in [0.05, 0.1) is 0 Å². The number of pyridine rings is 1. The van der Waals surface area contributed by atoms with Crippen molar-refractivity contribution in [3.63, 3.8) is 0 Å². The van der Waals surface area contributed by atoms with Gasteiger partial charge in [0, 0.05) is 18.8 Å². The first kappa shape index (κ1) is 15.6. The monoisotopic (exact) mass is 262 g/mol. The van der Waals surface area contributed by atoms with E-state index in [1.807, 2.05) is 12.1 Å². The first-order chi connectivity index (χ1) is 9.08. The van der Waals surface area contributed by atoms with E-state index in [4.69, 9.17) is 11.1 Å². The van der Waals surface area contributed by atoms with Crippen LogP contribution in [0.25, 0.3) is 0 Å². The van der Waals surface area contributed by atoms with E-state index in [-0.39, 0.29) is 5.84 Å². The molecule has 1 unspecified atom stereocenters. The molecule has 0 aliphatic rings. The lowest BCUT2D eigenvalue weighted by Gasteiger charge is -2.28. The first-order valence-electron chi connectivity index (χ1n) is 7.11. The Morgan fingerprint density at radius 2 is 2.21 bits per heavy atom.